The Morgan fingerprint density at radius 1 is 1.29 bits per heavy atom. The Labute approximate surface area is 148 Å². The van der Waals surface area contributed by atoms with Crippen LogP contribution in [-0.2, 0) is 9.59 Å². The number of nitrogens with zero attached hydrogens (tertiary/aromatic N) is 1. The quantitative estimate of drug-likeness (QED) is 0.738. The number of amides is 2. The highest BCUT2D eigenvalue weighted by Crippen LogP contribution is 2.22. The van der Waals surface area contributed by atoms with E-state index in [2.05, 4.69) is 24.4 Å². The van der Waals surface area contributed by atoms with Crippen LogP contribution in [0.4, 0.5) is 0 Å². The Bertz CT molecular complexity index is 548. The van der Waals surface area contributed by atoms with Gasteiger partial charge in [0.2, 0.25) is 11.8 Å². The highest BCUT2D eigenvalue weighted by Gasteiger charge is 2.26. The molecule has 1 aromatic carbocycles. The number of hydrogen-bond donors (Lipinski definition) is 2. The average molecular weight is 350 g/mol. The molecule has 1 unspecified atom stereocenters. The lowest BCUT2D eigenvalue weighted by molar-refractivity contribution is -0.132. The van der Waals surface area contributed by atoms with Gasteiger partial charge in [-0.05, 0) is 38.3 Å². The summed E-state index contributed by atoms with van der Waals surface area (Å²) in [6.45, 7) is 3.72. The van der Waals surface area contributed by atoms with E-state index in [1.54, 1.807) is 11.8 Å². The summed E-state index contributed by atoms with van der Waals surface area (Å²) in [6.07, 6.45) is 3.42. The van der Waals surface area contributed by atoms with Crippen LogP contribution in [0.25, 0.3) is 0 Å². The molecule has 1 aliphatic rings. The zero-order chi connectivity index (χ0) is 17.4. The lowest BCUT2D eigenvalue weighted by atomic mass is 10.0. The Balaban J connectivity index is 1.85. The summed E-state index contributed by atoms with van der Waals surface area (Å²) in [6, 6.07) is 8.32. The molecule has 0 saturated carbocycles. The van der Waals surface area contributed by atoms with Gasteiger partial charge in [-0.2, -0.15) is 0 Å². The molecule has 3 N–H and O–H groups in total. The molecule has 0 radical (unpaired) electrons. The Hall–Kier alpha value is -1.53. The lowest BCUT2D eigenvalue weighted by Gasteiger charge is -2.36. The highest BCUT2D eigenvalue weighted by molar-refractivity contribution is 8.00. The number of piperidine rings is 1. The molecule has 1 saturated heterocycles. The van der Waals surface area contributed by atoms with Crippen LogP contribution in [0.15, 0.2) is 29.2 Å². The molecule has 1 fully saturated rings. The van der Waals surface area contributed by atoms with Crippen LogP contribution in [-0.4, -0.2) is 48.1 Å². The molecule has 5 nitrogen and oxygen atoms in total. The van der Waals surface area contributed by atoms with Crippen molar-refractivity contribution in [1.29, 1.82) is 0 Å². The highest BCUT2D eigenvalue weighted by atomic mass is 32.2. The number of carbonyl (C=O) groups is 2. The van der Waals surface area contributed by atoms with Crippen molar-refractivity contribution in [3.05, 3.63) is 29.8 Å². The summed E-state index contributed by atoms with van der Waals surface area (Å²) < 4.78 is 0. The topological polar surface area (TPSA) is 75.4 Å². The van der Waals surface area contributed by atoms with Crippen molar-refractivity contribution in [1.82, 2.24) is 10.2 Å². The van der Waals surface area contributed by atoms with E-state index in [4.69, 9.17) is 5.73 Å². The van der Waals surface area contributed by atoms with Crippen LogP contribution in [0.1, 0.15) is 31.2 Å². The van der Waals surface area contributed by atoms with Gasteiger partial charge in [-0.3, -0.25) is 9.59 Å². The van der Waals surface area contributed by atoms with Crippen LogP contribution in [0.5, 0.6) is 0 Å². The average Bonchev–Trinajstić information content (AvgIpc) is 2.60. The third-order valence-corrected chi connectivity index (χ3v) is 5.23. The summed E-state index contributed by atoms with van der Waals surface area (Å²) in [5.41, 5.74) is 6.61. The van der Waals surface area contributed by atoms with E-state index >= 15 is 0 Å². The second-order valence-corrected chi connectivity index (χ2v) is 7.23. The fourth-order valence-corrected chi connectivity index (χ4v) is 3.64. The maximum atomic E-state index is 12.6. The molecule has 0 aliphatic carbocycles. The number of benzene rings is 1. The smallest absolute Gasteiger partial charge is 0.233 e. The Morgan fingerprint density at radius 3 is 2.75 bits per heavy atom. The van der Waals surface area contributed by atoms with Crippen molar-refractivity contribution >= 4 is 23.6 Å². The van der Waals surface area contributed by atoms with Gasteiger partial charge in [0.05, 0.1) is 5.75 Å². The zero-order valence-corrected chi connectivity index (χ0v) is 15.1. The van der Waals surface area contributed by atoms with Crippen molar-refractivity contribution in [3.8, 4) is 0 Å². The number of nitrogens with two attached hydrogens (primary N) is 1. The summed E-state index contributed by atoms with van der Waals surface area (Å²) in [5, 5.41) is 2.90. The van der Waals surface area contributed by atoms with Crippen LogP contribution < -0.4 is 11.1 Å². The van der Waals surface area contributed by atoms with E-state index in [-0.39, 0.29) is 17.9 Å². The first-order valence-corrected chi connectivity index (χ1v) is 9.54. The van der Waals surface area contributed by atoms with E-state index in [1.165, 1.54) is 5.56 Å². The summed E-state index contributed by atoms with van der Waals surface area (Å²) in [7, 11) is 0. The molecular weight excluding hydrogens is 322 g/mol. The van der Waals surface area contributed by atoms with E-state index in [9.17, 15) is 9.59 Å². The zero-order valence-electron chi connectivity index (χ0n) is 14.3. The minimum absolute atomic E-state index is 0.0375. The normalized spacial score (nSPS) is 17.6. The van der Waals surface area contributed by atoms with Crippen LogP contribution in [0, 0.1) is 6.92 Å². The molecule has 1 aliphatic heterocycles. The predicted molar refractivity (Wildman–Crippen MR) is 97.9 cm³/mol. The van der Waals surface area contributed by atoms with Crippen LogP contribution in [0.2, 0.25) is 0 Å². The third-order valence-electron chi connectivity index (χ3n) is 4.24. The largest absolute Gasteiger partial charge is 0.354 e. The molecule has 1 heterocycles. The van der Waals surface area contributed by atoms with Gasteiger partial charge in [0.25, 0.3) is 0 Å². The van der Waals surface area contributed by atoms with Gasteiger partial charge in [0.15, 0.2) is 0 Å². The third kappa shape index (κ3) is 5.83. The van der Waals surface area contributed by atoms with Crippen molar-refractivity contribution in [3.63, 3.8) is 0 Å². The van der Waals surface area contributed by atoms with Gasteiger partial charge >= 0.3 is 0 Å². The molecule has 0 bridgehead atoms. The maximum Gasteiger partial charge on any atom is 0.233 e. The lowest BCUT2D eigenvalue weighted by Crippen LogP contribution is -2.50. The minimum atomic E-state index is -0.0375. The van der Waals surface area contributed by atoms with Crippen molar-refractivity contribution in [2.75, 3.05) is 25.4 Å². The van der Waals surface area contributed by atoms with Gasteiger partial charge in [-0.15, -0.1) is 11.8 Å². The van der Waals surface area contributed by atoms with E-state index in [0.717, 1.165) is 30.7 Å². The summed E-state index contributed by atoms with van der Waals surface area (Å²) in [5.74, 6) is 0.555. The number of thioether (sulfide) groups is 1. The molecule has 24 heavy (non-hydrogen) atoms. The van der Waals surface area contributed by atoms with Gasteiger partial charge in [0, 0.05) is 37.0 Å². The monoisotopic (exact) mass is 349 g/mol. The van der Waals surface area contributed by atoms with E-state index in [0.29, 0.717) is 25.3 Å². The minimum Gasteiger partial charge on any atom is -0.354 e. The summed E-state index contributed by atoms with van der Waals surface area (Å²) in [4.78, 5) is 27.2. The number of hydrogen-bond acceptors (Lipinski definition) is 4. The van der Waals surface area contributed by atoms with Gasteiger partial charge < -0.3 is 16.0 Å². The van der Waals surface area contributed by atoms with Gasteiger partial charge in [-0.1, -0.05) is 17.7 Å². The number of likely N-dealkylation sites (tertiary alicyclic amines) is 1. The van der Waals surface area contributed by atoms with E-state index in [1.807, 2.05) is 17.0 Å². The van der Waals surface area contributed by atoms with Crippen molar-refractivity contribution in [2.45, 2.75) is 43.5 Å². The van der Waals surface area contributed by atoms with Gasteiger partial charge in [0.1, 0.15) is 0 Å². The molecule has 1 aromatic rings. The second kappa shape index (κ2) is 9.69. The number of rotatable bonds is 7. The molecule has 1 atom stereocenters. The fourth-order valence-electron chi connectivity index (χ4n) is 2.85. The van der Waals surface area contributed by atoms with Crippen LogP contribution >= 0.6 is 11.8 Å². The van der Waals surface area contributed by atoms with Crippen molar-refractivity contribution < 1.29 is 9.59 Å². The number of carbonyl (C=O) groups excluding carboxylic acids is 2. The first kappa shape index (κ1) is 18.8. The van der Waals surface area contributed by atoms with Crippen LogP contribution in [0.3, 0.4) is 0 Å². The van der Waals surface area contributed by atoms with Gasteiger partial charge in [-0.25, -0.2) is 0 Å². The molecule has 0 spiro atoms. The van der Waals surface area contributed by atoms with Crippen molar-refractivity contribution in [2.24, 2.45) is 5.73 Å². The number of aryl methyl sites for hydroxylation is 1. The molecule has 2 amide bonds. The SMILES string of the molecule is Cc1ccc(SCC(=O)N2CCCCC2CNC(=O)CCN)cc1. The standard InChI is InChI=1S/C18H27N3O2S/c1-14-5-7-16(8-6-14)24-13-18(23)21-11-3-2-4-15(21)12-20-17(22)9-10-19/h5-8,15H,2-4,9-13,19H2,1H3,(H,20,22). The molecule has 2 rings (SSSR count). The summed E-state index contributed by atoms with van der Waals surface area (Å²) >= 11 is 1.57. The molecule has 6 heteroatoms. The Kier molecular flexibility index (Phi) is 7.59. The first-order valence-electron chi connectivity index (χ1n) is 8.56. The maximum absolute atomic E-state index is 12.6. The molecule has 132 valence electrons. The molecule has 0 aromatic heterocycles. The van der Waals surface area contributed by atoms with E-state index < -0.39 is 0 Å². The fraction of sp³-hybridized carbons (Fsp3) is 0.556. The first-order chi connectivity index (χ1) is 11.6. The molecular formula is C18H27N3O2S. The predicted octanol–water partition coefficient (Wildman–Crippen LogP) is 1.93. The Morgan fingerprint density at radius 2 is 2.04 bits per heavy atom. The number of nitrogens with one attached hydrogen (secondary N) is 1. The second-order valence-electron chi connectivity index (χ2n) is 6.18.